The quantitative estimate of drug-likeness (QED) is 0.764. The lowest BCUT2D eigenvalue weighted by molar-refractivity contribution is -0.141. The summed E-state index contributed by atoms with van der Waals surface area (Å²) < 4.78 is 0. The van der Waals surface area contributed by atoms with E-state index in [4.69, 9.17) is 5.11 Å². The van der Waals surface area contributed by atoms with E-state index < -0.39 is 5.97 Å². The molecule has 2 amide bonds. The number of carboxylic acids is 1. The van der Waals surface area contributed by atoms with Gasteiger partial charge in [0, 0.05) is 19.1 Å². The molecule has 0 spiro atoms. The molecule has 1 heterocycles. The average molecular weight is 240 g/mol. The van der Waals surface area contributed by atoms with Crippen molar-refractivity contribution < 1.29 is 14.7 Å². The summed E-state index contributed by atoms with van der Waals surface area (Å²) in [5, 5.41) is 11.9. The average Bonchev–Trinajstić information content (AvgIpc) is 2.86. The zero-order valence-corrected chi connectivity index (χ0v) is 10.2. The summed E-state index contributed by atoms with van der Waals surface area (Å²) in [4.78, 5) is 24.3. The number of carboxylic acid groups (broad SMARTS) is 1. The molecule has 2 rings (SSSR count). The van der Waals surface area contributed by atoms with Crippen molar-refractivity contribution in [3.63, 3.8) is 0 Å². The molecule has 3 atom stereocenters. The van der Waals surface area contributed by atoms with E-state index >= 15 is 0 Å². The maximum atomic E-state index is 11.9. The highest BCUT2D eigenvalue weighted by Crippen LogP contribution is 2.25. The van der Waals surface area contributed by atoms with Gasteiger partial charge in [0.15, 0.2) is 0 Å². The van der Waals surface area contributed by atoms with Crippen molar-refractivity contribution in [2.45, 2.75) is 38.6 Å². The van der Waals surface area contributed by atoms with Crippen molar-refractivity contribution in [1.29, 1.82) is 0 Å². The Morgan fingerprint density at radius 3 is 2.59 bits per heavy atom. The van der Waals surface area contributed by atoms with Crippen molar-refractivity contribution in [2.75, 3.05) is 13.1 Å². The van der Waals surface area contributed by atoms with Crippen LogP contribution in [0, 0.1) is 11.8 Å². The lowest BCUT2D eigenvalue weighted by atomic mass is 10.1. The molecular formula is C12H20N2O3. The largest absolute Gasteiger partial charge is 0.481 e. The molecule has 0 bridgehead atoms. The van der Waals surface area contributed by atoms with Gasteiger partial charge in [0.2, 0.25) is 0 Å². The number of carbonyl (C=O) groups excluding carboxylic acids is 1. The number of likely N-dealkylation sites (tertiary alicyclic amines) is 1. The SMILES string of the molecule is CC1CCC(NC(=O)N2CCC(C(=O)O)C2)C1. The number of nitrogens with one attached hydrogen (secondary N) is 1. The van der Waals surface area contributed by atoms with Gasteiger partial charge in [-0.2, -0.15) is 0 Å². The Hall–Kier alpha value is -1.26. The lowest BCUT2D eigenvalue weighted by Gasteiger charge is -2.20. The Morgan fingerprint density at radius 2 is 2.06 bits per heavy atom. The summed E-state index contributed by atoms with van der Waals surface area (Å²) in [5.41, 5.74) is 0. The van der Waals surface area contributed by atoms with Crippen LogP contribution >= 0.6 is 0 Å². The van der Waals surface area contributed by atoms with Crippen LogP contribution in [0.25, 0.3) is 0 Å². The number of amides is 2. The number of urea groups is 1. The molecule has 0 aromatic rings. The second kappa shape index (κ2) is 4.94. The van der Waals surface area contributed by atoms with Gasteiger partial charge in [0.25, 0.3) is 0 Å². The predicted octanol–water partition coefficient (Wildman–Crippen LogP) is 1.29. The molecular weight excluding hydrogens is 220 g/mol. The molecule has 0 radical (unpaired) electrons. The van der Waals surface area contributed by atoms with Crippen LogP contribution in [0.2, 0.25) is 0 Å². The molecule has 2 aliphatic rings. The fourth-order valence-corrected chi connectivity index (χ4v) is 2.75. The monoisotopic (exact) mass is 240 g/mol. The van der Waals surface area contributed by atoms with E-state index in [1.165, 1.54) is 6.42 Å². The molecule has 5 nitrogen and oxygen atoms in total. The first-order valence-corrected chi connectivity index (χ1v) is 6.34. The third-order valence-corrected chi connectivity index (χ3v) is 3.85. The van der Waals surface area contributed by atoms with Gasteiger partial charge in [0.1, 0.15) is 0 Å². The maximum absolute atomic E-state index is 11.9. The summed E-state index contributed by atoms with van der Waals surface area (Å²) in [5.74, 6) is -0.497. The molecule has 96 valence electrons. The normalized spacial score (nSPS) is 32.8. The first-order valence-electron chi connectivity index (χ1n) is 6.34. The molecule has 3 unspecified atom stereocenters. The Balaban J connectivity index is 1.79. The fourth-order valence-electron chi connectivity index (χ4n) is 2.75. The van der Waals surface area contributed by atoms with Crippen LogP contribution < -0.4 is 5.32 Å². The van der Waals surface area contributed by atoms with Gasteiger partial charge in [-0.1, -0.05) is 6.92 Å². The third kappa shape index (κ3) is 2.90. The smallest absolute Gasteiger partial charge is 0.317 e. The maximum Gasteiger partial charge on any atom is 0.317 e. The topological polar surface area (TPSA) is 69.6 Å². The Labute approximate surface area is 101 Å². The number of carbonyl (C=O) groups is 2. The Bertz CT molecular complexity index is 319. The zero-order chi connectivity index (χ0) is 12.4. The van der Waals surface area contributed by atoms with Crippen molar-refractivity contribution in [3.8, 4) is 0 Å². The van der Waals surface area contributed by atoms with Crippen molar-refractivity contribution >= 4 is 12.0 Å². The summed E-state index contributed by atoms with van der Waals surface area (Å²) in [6, 6.07) is 0.189. The highest BCUT2D eigenvalue weighted by molar-refractivity contribution is 5.77. The molecule has 0 aromatic heterocycles. The van der Waals surface area contributed by atoms with E-state index in [2.05, 4.69) is 12.2 Å². The third-order valence-electron chi connectivity index (χ3n) is 3.85. The number of nitrogens with zero attached hydrogens (tertiary/aromatic N) is 1. The van der Waals surface area contributed by atoms with Crippen LogP contribution in [0.1, 0.15) is 32.6 Å². The molecule has 2 fully saturated rings. The van der Waals surface area contributed by atoms with E-state index in [0.29, 0.717) is 25.4 Å². The molecule has 1 aliphatic heterocycles. The predicted molar refractivity (Wildman–Crippen MR) is 62.7 cm³/mol. The first kappa shape index (κ1) is 12.2. The molecule has 1 saturated heterocycles. The minimum Gasteiger partial charge on any atom is -0.481 e. The van der Waals surface area contributed by atoms with Crippen LogP contribution in [-0.4, -0.2) is 41.1 Å². The van der Waals surface area contributed by atoms with Gasteiger partial charge in [-0.05, 0) is 31.6 Å². The van der Waals surface area contributed by atoms with Crippen LogP contribution in [0.4, 0.5) is 4.79 Å². The summed E-state index contributed by atoms with van der Waals surface area (Å²) in [6.45, 7) is 3.11. The molecule has 1 aliphatic carbocycles. The number of hydrogen-bond acceptors (Lipinski definition) is 2. The minimum atomic E-state index is -0.796. The van der Waals surface area contributed by atoms with Gasteiger partial charge >= 0.3 is 12.0 Å². The van der Waals surface area contributed by atoms with E-state index in [1.807, 2.05) is 0 Å². The molecule has 2 N–H and O–H groups in total. The lowest BCUT2D eigenvalue weighted by Crippen LogP contribution is -2.43. The second-order valence-corrected chi connectivity index (χ2v) is 5.33. The van der Waals surface area contributed by atoms with E-state index in [0.717, 1.165) is 12.8 Å². The van der Waals surface area contributed by atoms with Gasteiger partial charge in [-0.3, -0.25) is 4.79 Å². The van der Waals surface area contributed by atoms with Gasteiger partial charge in [-0.15, -0.1) is 0 Å². The highest BCUT2D eigenvalue weighted by Gasteiger charge is 2.32. The minimum absolute atomic E-state index is 0.0900. The van der Waals surface area contributed by atoms with Crippen LogP contribution in [0.3, 0.4) is 0 Å². The van der Waals surface area contributed by atoms with Crippen LogP contribution in [0.15, 0.2) is 0 Å². The van der Waals surface area contributed by atoms with Crippen molar-refractivity contribution in [3.05, 3.63) is 0 Å². The van der Waals surface area contributed by atoms with Gasteiger partial charge in [-0.25, -0.2) is 4.79 Å². The standard InChI is InChI=1S/C12H20N2O3/c1-8-2-3-10(6-8)13-12(17)14-5-4-9(7-14)11(15)16/h8-10H,2-7H2,1H3,(H,13,17)(H,15,16). The summed E-state index contributed by atoms with van der Waals surface area (Å²) >= 11 is 0. The molecule has 1 saturated carbocycles. The zero-order valence-electron chi connectivity index (χ0n) is 10.2. The Kier molecular flexibility index (Phi) is 3.54. The van der Waals surface area contributed by atoms with E-state index in [-0.39, 0.29) is 18.0 Å². The first-order chi connectivity index (χ1) is 8.06. The van der Waals surface area contributed by atoms with E-state index in [9.17, 15) is 9.59 Å². The number of hydrogen-bond donors (Lipinski definition) is 2. The highest BCUT2D eigenvalue weighted by atomic mass is 16.4. The molecule has 0 aromatic carbocycles. The molecule has 5 heteroatoms. The number of aliphatic carboxylic acids is 1. The summed E-state index contributed by atoms with van der Waals surface area (Å²) in [6.07, 6.45) is 3.83. The Morgan fingerprint density at radius 1 is 1.29 bits per heavy atom. The summed E-state index contributed by atoms with van der Waals surface area (Å²) in [7, 11) is 0. The fraction of sp³-hybridized carbons (Fsp3) is 0.833. The van der Waals surface area contributed by atoms with Crippen molar-refractivity contribution in [2.24, 2.45) is 11.8 Å². The van der Waals surface area contributed by atoms with Crippen molar-refractivity contribution in [1.82, 2.24) is 10.2 Å². The van der Waals surface area contributed by atoms with E-state index in [1.54, 1.807) is 4.90 Å². The molecule has 17 heavy (non-hydrogen) atoms. The van der Waals surface area contributed by atoms with Gasteiger partial charge in [0.05, 0.1) is 5.92 Å². The van der Waals surface area contributed by atoms with Gasteiger partial charge < -0.3 is 15.3 Å². The van der Waals surface area contributed by atoms with Crippen LogP contribution in [-0.2, 0) is 4.79 Å². The van der Waals surface area contributed by atoms with Crippen LogP contribution in [0.5, 0.6) is 0 Å². The second-order valence-electron chi connectivity index (χ2n) is 5.33. The number of rotatable bonds is 2.